The molecule has 1 aromatic rings. The fourth-order valence-electron chi connectivity index (χ4n) is 2.52. The van der Waals surface area contributed by atoms with Gasteiger partial charge >= 0.3 is 5.97 Å². The molecule has 0 bridgehead atoms. The summed E-state index contributed by atoms with van der Waals surface area (Å²) in [4.78, 5) is 36.0. The zero-order valence-corrected chi connectivity index (χ0v) is 12.9. The van der Waals surface area contributed by atoms with E-state index in [-0.39, 0.29) is 29.1 Å². The molecule has 0 saturated carbocycles. The Hall–Kier alpha value is -2.02. The Morgan fingerprint density at radius 2 is 2.00 bits per heavy atom. The molecule has 1 fully saturated rings. The predicted molar refractivity (Wildman–Crippen MR) is 81.4 cm³/mol. The number of carbonyl (C=O) groups excluding carboxylic acids is 2. The summed E-state index contributed by atoms with van der Waals surface area (Å²) in [6.45, 7) is 1.78. The third-order valence-corrected chi connectivity index (χ3v) is 4.56. The van der Waals surface area contributed by atoms with Gasteiger partial charge in [-0.05, 0) is 23.6 Å². The van der Waals surface area contributed by atoms with Crippen molar-refractivity contribution in [2.75, 3.05) is 12.3 Å². The summed E-state index contributed by atoms with van der Waals surface area (Å²) < 4.78 is 0. The molecular formula is C15H17NO5S. The van der Waals surface area contributed by atoms with Crippen LogP contribution >= 0.6 is 11.8 Å². The van der Waals surface area contributed by atoms with Gasteiger partial charge in [-0.25, -0.2) is 4.79 Å². The third kappa shape index (κ3) is 3.79. The maximum atomic E-state index is 12.1. The molecule has 7 heteroatoms. The lowest BCUT2D eigenvalue weighted by Crippen LogP contribution is -2.35. The first-order valence-electron chi connectivity index (χ1n) is 6.83. The summed E-state index contributed by atoms with van der Waals surface area (Å²) >= 11 is 1.15. The lowest BCUT2D eigenvalue weighted by Gasteiger charge is -2.25. The minimum atomic E-state index is -1.11. The average Bonchev–Trinajstić information content (AvgIpc) is 2.80. The van der Waals surface area contributed by atoms with Crippen LogP contribution in [0.2, 0.25) is 0 Å². The highest BCUT2D eigenvalue weighted by Gasteiger charge is 2.38. The van der Waals surface area contributed by atoms with Crippen molar-refractivity contribution >= 4 is 28.8 Å². The van der Waals surface area contributed by atoms with Crippen LogP contribution in [0.1, 0.15) is 24.9 Å². The molecule has 0 radical (unpaired) electrons. The first-order valence-corrected chi connectivity index (χ1v) is 7.81. The van der Waals surface area contributed by atoms with E-state index in [1.165, 1.54) is 36.1 Å². The van der Waals surface area contributed by atoms with Crippen molar-refractivity contribution in [3.63, 3.8) is 0 Å². The van der Waals surface area contributed by atoms with Crippen LogP contribution in [0.4, 0.5) is 0 Å². The van der Waals surface area contributed by atoms with Gasteiger partial charge in [0.25, 0.3) is 0 Å². The smallest absolute Gasteiger partial charge is 0.331 e. The Labute approximate surface area is 132 Å². The molecule has 1 aromatic carbocycles. The molecule has 1 heterocycles. The number of benzene rings is 1. The van der Waals surface area contributed by atoms with Crippen molar-refractivity contribution in [3.05, 3.63) is 29.8 Å². The molecule has 1 aliphatic rings. The summed E-state index contributed by atoms with van der Waals surface area (Å²) in [6, 6.07) is 4.72. The van der Waals surface area contributed by atoms with E-state index in [0.717, 1.165) is 11.8 Å². The lowest BCUT2D eigenvalue weighted by molar-refractivity contribution is -0.148. The maximum Gasteiger partial charge on any atom is 0.331 e. The number of carboxylic acids is 1. The second kappa shape index (κ2) is 6.83. The fourth-order valence-corrected chi connectivity index (χ4v) is 3.21. The van der Waals surface area contributed by atoms with Crippen molar-refractivity contribution in [2.45, 2.75) is 19.4 Å². The number of phenols is 1. The van der Waals surface area contributed by atoms with Crippen LogP contribution in [0.15, 0.2) is 24.3 Å². The van der Waals surface area contributed by atoms with Crippen LogP contribution in [0.3, 0.4) is 0 Å². The van der Waals surface area contributed by atoms with Gasteiger partial charge in [0.05, 0.1) is 0 Å². The summed E-state index contributed by atoms with van der Waals surface area (Å²) in [5.74, 6) is -0.815. The number of carbonyl (C=O) groups is 3. The van der Waals surface area contributed by atoms with Crippen molar-refractivity contribution in [2.24, 2.45) is 5.92 Å². The third-order valence-electron chi connectivity index (χ3n) is 3.52. The second-order valence-corrected chi connectivity index (χ2v) is 6.45. The minimum Gasteiger partial charge on any atom is -0.508 e. The topological polar surface area (TPSA) is 94.9 Å². The second-order valence-electron chi connectivity index (χ2n) is 5.25. The monoisotopic (exact) mass is 323 g/mol. The Morgan fingerprint density at radius 1 is 1.36 bits per heavy atom. The molecule has 0 aliphatic carbocycles. The number of likely N-dealkylation sites (tertiary alicyclic amines) is 1. The molecule has 6 nitrogen and oxygen atoms in total. The molecule has 2 rings (SSSR count). The molecule has 2 atom stereocenters. The Balaban J connectivity index is 2.15. The number of rotatable bonds is 5. The molecule has 2 N–H and O–H groups in total. The standard InChI is InChI=1S/C15H17NO5S/c1-9(17)22-8-10-6-13(19)16(7-10)14(15(20)21)11-2-4-12(18)5-3-11/h2-5,10,14,18H,6-8H2,1H3,(H,20,21)/t10?,14-/m1/s1. The van der Waals surface area contributed by atoms with Crippen LogP contribution < -0.4 is 0 Å². The van der Waals surface area contributed by atoms with Crippen LogP contribution in [-0.4, -0.2) is 44.4 Å². The van der Waals surface area contributed by atoms with Crippen LogP contribution in [0.5, 0.6) is 5.75 Å². The SMILES string of the molecule is CC(=O)SCC1CC(=O)N([C@@H](C(=O)O)c2ccc(O)cc2)C1. The molecule has 22 heavy (non-hydrogen) atoms. The van der Waals surface area contributed by atoms with Crippen LogP contribution in [0, 0.1) is 5.92 Å². The van der Waals surface area contributed by atoms with Crippen molar-refractivity contribution in [1.82, 2.24) is 4.90 Å². The number of phenolic OH excluding ortho intramolecular Hbond substituents is 1. The number of aliphatic carboxylic acids is 1. The summed E-state index contributed by atoms with van der Waals surface area (Å²) in [5.41, 5.74) is 0.443. The molecule has 1 amide bonds. The largest absolute Gasteiger partial charge is 0.508 e. The number of aromatic hydroxyl groups is 1. The van der Waals surface area contributed by atoms with Crippen molar-refractivity contribution < 1.29 is 24.6 Å². The van der Waals surface area contributed by atoms with Gasteiger partial charge < -0.3 is 15.1 Å². The first-order chi connectivity index (χ1) is 10.4. The quantitative estimate of drug-likeness (QED) is 0.855. The Bertz CT molecular complexity index is 586. The van der Waals surface area contributed by atoms with Crippen molar-refractivity contribution in [1.29, 1.82) is 0 Å². The van der Waals surface area contributed by atoms with E-state index in [0.29, 0.717) is 17.9 Å². The molecule has 1 aliphatic heterocycles. The lowest BCUT2D eigenvalue weighted by atomic mass is 10.1. The van der Waals surface area contributed by atoms with Gasteiger partial charge in [-0.15, -0.1) is 0 Å². The van der Waals surface area contributed by atoms with E-state index in [1.54, 1.807) is 0 Å². The van der Waals surface area contributed by atoms with Crippen LogP contribution in [-0.2, 0) is 14.4 Å². The van der Waals surface area contributed by atoms with E-state index in [2.05, 4.69) is 0 Å². The van der Waals surface area contributed by atoms with Gasteiger partial charge in [-0.3, -0.25) is 9.59 Å². The molecule has 0 spiro atoms. The normalized spacial score (nSPS) is 19.2. The summed E-state index contributed by atoms with van der Waals surface area (Å²) in [6.07, 6.45) is 0.252. The van der Waals surface area contributed by atoms with E-state index in [1.807, 2.05) is 0 Å². The maximum absolute atomic E-state index is 12.1. The number of hydrogen-bond donors (Lipinski definition) is 2. The highest BCUT2D eigenvalue weighted by atomic mass is 32.2. The molecule has 1 saturated heterocycles. The highest BCUT2D eigenvalue weighted by Crippen LogP contribution is 2.31. The highest BCUT2D eigenvalue weighted by molar-refractivity contribution is 8.13. The molecule has 0 aromatic heterocycles. The number of nitrogens with zero attached hydrogens (tertiary/aromatic N) is 1. The number of thioether (sulfide) groups is 1. The van der Waals surface area contributed by atoms with Gasteiger partial charge in [0.15, 0.2) is 11.2 Å². The Morgan fingerprint density at radius 3 is 2.55 bits per heavy atom. The Kier molecular flexibility index (Phi) is 5.07. The first kappa shape index (κ1) is 16.4. The van der Waals surface area contributed by atoms with E-state index in [4.69, 9.17) is 0 Å². The molecule has 1 unspecified atom stereocenters. The molecule has 118 valence electrons. The van der Waals surface area contributed by atoms with Gasteiger partial charge in [-0.1, -0.05) is 23.9 Å². The van der Waals surface area contributed by atoms with Crippen LogP contribution in [0.25, 0.3) is 0 Å². The van der Waals surface area contributed by atoms with E-state index >= 15 is 0 Å². The van der Waals surface area contributed by atoms with Gasteiger partial charge in [0.1, 0.15) is 5.75 Å². The van der Waals surface area contributed by atoms with Crippen molar-refractivity contribution in [3.8, 4) is 5.75 Å². The van der Waals surface area contributed by atoms with E-state index < -0.39 is 12.0 Å². The molecular weight excluding hydrogens is 306 g/mol. The summed E-state index contributed by atoms with van der Waals surface area (Å²) in [7, 11) is 0. The predicted octanol–water partition coefficient (Wildman–Crippen LogP) is 1.65. The number of amides is 1. The van der Waals surface area contributed by atoms with Gasteiger partial charge in [0.2, 0.25) is 5.91 Å². The zero-order valence-electron chi connectivity index (χ0n) is 12.1. The van der Waals surface area contributed by atoms with Gasteiger partial charge in [0, 0.05) is 25.6 Å². The number of hydrogen-bond acceptors (Lipinski definition) is 5. The van der Waals surface area contributed by atoms with E-state index in [9.17, 15) is 24.6 Å². The average molecular weight is 323 g/mol. The summed E-state index contributed by atoms with van der Waals surface area (Å²) in [5, 5.41) is 18.7. The zero-order chi connectivity index (χ0) is 16.3. The minimum absolute atomic E-state index is 0.0146. The number of carboxylic acid groups (broad SMARTS) is 1. The fraction of sp³-hybridized carbons (Fsp3) is 0.400. The van der Waals surface area contributed by atoms with Gasteiger partial charge in [-0.2, -0.15) is 0 Å².